The number of nitrogens with two attached hydrogens (primary N) is 1. The molecule has 0 saturated heterocycles. The number of halogens is 3. The molecule has 4 N–H and O–H groups in total. The number of hydrazine groups is 1. The Morgan fingerprint density at radius 3 is 2.43 bits per heavy atom. The molecule has 0 aliphatic heterocycles. The molecular weight excluding hydrogens is 283 g/mol. The Labute approximate surface area is 118 Å². The molecule has 2 aromatic carbocycles. The largest absolute Gasteiger partial charge is 0.324 e. The second kappa shape index (κ2) is 5.84. The van der Waals surface area contributed by atoms with Crippen LogP contribution < -0.4 is 16.6 Å². The first-order valence-corrected chi connectivity index (χ1v) is 5.95. The number of hydrogen-bond acceptors (Lipinski definition) is 3. The lowest BCUT2D eigenvalue weighted by atomic mass is 10.1. The first kappa shape index (κ1) is 14.9. The number of amides is 1. The van der Waals surface area contributed by atoms with Gasteiger partial charge >= 0.3 is 0 Å². The molecule has 0 spiro atoms. The van der Waals surface area contributed by atoms with Crippen molar-refractivity contribution in [3.05, 3.63) is 58.9 Å². The molecule has 0 atom stereocenters. The van der Waals surface area contributed by atoms with Gasteiger partial charge in [-0.3, -0.25) is 10.6 Å². The van der Waals surface area contributed by atoms with E-state index >= 15 is 0 Å². The minimum atomic E-state index is -1.37. The zero-order chi connectivity index (χ0) is 15.6. The third-order valence-corrected chi connectivity index (χ3v) is 2.89. The molecule has 0 aliphatic rings. The van der Waals surface area contributed by atoms with Crippen LogP contribution in [0.1, 0.15) is 15.9 Å². The normalized spacial score (nSPS) is 10.3. The lowest BCUT2D eigenvalue weighted by Crippen LogP contribution is -2.15. The number of carbonyl (C=O) groups is 1. The van der Waals surface area contributed by atoms with Crippen molar-refractivity contribution in [1.29, 1.82) is 0 Å². The zero-order valence-electron chi connectivity index (χ0n) is 11.0. The van der Waals surface area contributed by atoms with Crippen LogP contribution in [0.2, 0.25) is 0 Å². The fraction of sp³-hybridized carbons (Fsp3) is 0.0714. The van der Waals surface area contributed by atoms with E-state index in [1.807, 2.05) is 0 Å². The van der Waals surface area contributed by atoms with Crippen LogP contribution in [0.15, 0.2) is 30.3 Å². The van der Waals surface area contributed by atoms with E-state index in [0.717, 1.165) is 0 Å². The summed E-state index contributed by atoms with van der Waals surface area (Å²) in [6.07, 6.45) is 0. The van der Waals surface area contributed by atoms with Crippen LogP contribution in [0.25, 0.3) is 0 Å². The summed E-state index contributed by atoms with van der Waals surface area (Å²) >= 11 is 0. The molecule has 110 valence electrons. The first-order chi connectivity index (χ1) is 9.92. The highest BCUT2D eigenvalue weighted by molar-refractivity contribution is 6.04. The van der Waals surface area contributed by atoms with Gasteiger partial charge in [-0.05, 0) is 30.7 Å². The van der Waals surface area contributed by atoms with Crippen LogP contribution in [0, 0.1) is 24.4 Å². The minimum absolute atomic E-state index is 0.204. The molecule has 0 aromatic heterocycles. The van der Waals surface area contributed by atoms with Gasteiger partial charge in [0.1, 0.15) is 5.82 Å². The van der Waals surface area contributed by atoms with E-state index in [1.54, 1.807) is 13.0 Å². The van der Waals surface area contributed by atoms with Crippen molar-refractivity contribution in [2.24, 2.45) is 5.84 Å². The Hall–Kier alpha value is -2.54. The van der Waals surface area contributed by atoms with Crippen LogP contribution in [0.5, 0.6) is 0 Å². The van der Waals surface area contributed by atoms with Crippen molar-refractivity contribution >= 4 is 17.3 Å². The molecule has 0 unspecified atom stereocenters. The van der Waals surface area contributed by atoms with Gasteiger partial charge in [0.25, 0.3) is 5.91 Å². The highest BCUT2D eigenvalue weighted by atomic mass is 19.2. The van der Waals surface area contributed by atoms with Crippen molar-refractivity contribution < 1.29 is 18.0 Å². The standard InChI is InChI=1S/C14H12F3N3O/c1-7-4-8(2-3-11(7)20-18)14(21)19-12-6-9(15)5-10(16)13(12)17/h2-6,20H,18H2,1H3,(H,19,21). The zero-order valence-corrected chi connectivity index (χ0v) is 11.0. The summed E-state index contributed by atoms with van der Waals surface area (Å²) in [5.41, 5.74) is 3.40. The Morgan fingerprint density at radius 1 is 1.10 bits per heavy atom. The number of nitrogen functional groups attached to an aromatic ring is 1. The Balaban J connectivity index is 2.28. The number of nitrogens with one attached hydrogen (secondary N) is 2. The van der Waals surface area contributed by atoms with E-state index in [-0.39, 0.29) is 5.56 Å². The molecule has 21 heavy (non-hydrogen) atoms. The second-order valence-electron chi connectivity index (χ2n) is 4.38. The second-order valence-corrected chi connectivity index (χ2v) is 4.38. The first-order valence-electron chi connectivity index (χ1n) is 5.95. The highest BCUT2D eigenvalue weighted by Crippen LogP contribution is 2.21. The van der Waals surface area contributed by atoms with Crippen molar-refractivity contribution in [2.75, 3.05) is 10.7 Å². The number of hydrogen-bond donors (Lipinski definition) is 3. The summed E-state index contributed by atoms with van der Waals surface area (Å²) in [6, 6.07) is 5.63. The molecule has 7 heteroatoms. The molecule has 0 fully saturated rings. The van der Waals surface area contributed by atoms with Gasteiger partial charge in [0, 0.05) is 17.7 Å². The fourth-order valence-electron chi connectivity index (χ4n) is 1.81. The van der Waals surface area contributed by atoms with Gasteiger partial charge in [-0.15, -0.1) is 0 Å². The van der Waals surface area contributed by atoms with E-state index in [1.165, 1.54) is 12.1 Å². The van der Waals surface area contributed by atoms with Crippen molar-refractivity contribution in [3.8, 4) is 0 Å². The summed E-state index contributed by atoms with van der Waals surface area (Å²) in [5.74, 6) is 0.909. The molecule has 0 heterocycles. The van der Waals surface area contributed by atoms with Gasteiger partial charge in [0.15, 0.2) is 11.6 Å². The van der Waals surface area contributed by atoms with E-state index < -0.39 is 29.0 Å². The molecule has 0 saturated carbocycles. The van der Waals surface area contributed by atoms with Crippen molar-refractivity contribution in [1.82, 2.24) is 0 Å². The Bertz CT molecular complexity index is 704. The highest BCUT2D eigenvalue weighted by Gasteiger charge is 2.15. The summed E-state index contributed by atoms with van der Waals surface area (Å²) in [6.45, 7) is 1.72. The number of benzene rings is 2. The minimum Gasteiger partial charge on any atom is -0.324 e. The van der Waals surface area contributed by atoms with Gasteiger partial charge in [-0.1, -0.05) is 0 Å². The van der Waals surface area contributed by atoms with Crippen LogP contribution in [0.4, 0.5) is 24.5 Å². The Kier molecular flexibility index (Phi) is 4.13. The monoisotopic (exact) mass is 295 g/mol. The van der Waals surface area contributed by atoms with Gasteiger partial charge in [0.2, 0.25) is 0 Å². The summed E-state index contributed by atoms with van der Waals surface area (Å²) in [4.78, 5) is 12.0. The van der Waals surface area contributed by atoms with Gasteiger partial charge < -0.3 is 10.7 Å². The average Bonchev–Trinajstić information content (AvgIpc) is 2.44. The smallest absolute Gasteiger partial charge is 0.255 e. The van der Waals surface area contributed by atoms with Gasteiger partial charge in [-0.2, -0.15) is 0 Å². The fourth-order valence-corrected chi connectivity index (χ4v) is 1.81. The molecule has 1 amide bonds. The van der Waals surface area contributed by atoms with Gasteiger partial charge in [-0.25, -0.2) is 13.2 Å². The third-order valence-electron chi connectivity index (χ3n) is 2.89. The molecule has 2 aromatic rings. The quantitative estimate of drug-likeness (QED) is 0.463. The number of anilines is 2. The lowest BCUT2D eigenvalue weighted by Gasteiger charge is -2.10. The van der Waals surface area contributed by atoms with E-state index in [9.17, 15) is 18.0 Å². The summed E-state index contributed by atoms with van der Waals surface area (Å²) in [7, 11) is 0. The maximum Gasteiger partial charge on any atom is 0.255 e. The number of carbonyl (C=O) groups excluding carboxylic acids is 1. The van der Waals surface area contributed by atoms with Crippen LogP contribution in [-0.2, 0) is 0 Å². The maximum absolute atomic E-state index is 13.5. The predicted molar refractivity (Wildman–Crippen MR) is 73.3 cm³/mol. The molecule has 0 bridgehead atoms. The van der Waals surface area contributed by atoms with Crippen LogP contribution >= 0.6 is 0 Å². The van der Waals surface area contributed by atoms with Crippen LogP contribution in [-0.4, -0.2) is 5.91 Å². The molecule has 4 nitrogen and oxygen atoms in total. The summed E-state index contributed by atoms with van der Waals surface area (Å²) < 4.78 is 39.6. The van der Waals surface area contributed by atoms with Crippen LogP contribution in [0.3, 0.4) is 0 Å². The lowest BCUT2D eigenvalue weighted by molar-refractivity contribution is 0.102. The SMILES string of the molecule is Cc1cc(C(=O)Nc2cc(F)cc(F)c2F)ccc1NN. The van der Waals surface area contributed by atoms with E-state index in [2.05, 4.69) is 10.7 Å². The number of rotatable bonds is 3. The van der Waals surface area contributed by atoms with E-state index in [0.29, 0.717) is 23.4 Å². The molecular formula is C14H12F3N3O. The molecule has 2 rings (SSSR count). The molecule has 0 radical (unpaired) electrons. The van der Waals surface area contributed by atoms with Crippen molar-refractivity contribution in [3.63, 3.8) is 0 Å². The topological polar surface area (TPSA) is 67.2 Å². The number of aryl methyl sites for hydroxylation is 1. The van der Waals surface area contributed by atoms with Crippen molar-refractivity contribution in [2.45, 2.75) is 6.92 Å². The van der Waals surface area contributed by atoms with Gasteiger partial charge in [0.05, 0.1) is 11.4 Å². The predicted octanol–water partition coefficient (Wildman–Crippen LogP) is 2.95. The van der Waals surface area contributed by atoms with E-state index in [4.69, 9.17) is 5.84 Å². The Morgan fingerprint density at radius 2 is 1.81 bits per heavy atom. The average molecular weight is 295 g/mol. The maximum atomic E-state index is 13.5. The summed E-state index contributed by atoms with van der Waals surface area (Å²) in [5, 5.41) is 2.13. The third kappa shape index (κ3) is 3.14. The molecule has 0 aliphatic carbocycles.